The van der Waals surface area contributed by atoms with Gasteiger partial charge in [-0.3, -0.25) is 9.59 Å². The smallest absolute Gasteiger partial charge is 0.256 e. The second-order valence-electron chi connectivity index (χ2n) is 6.18. The molecule has 7 nitrogen and oxygen atoms in total. The lowest BCUT2D eigenvalue weighted by molar-refractivity contribution is -0.115. The van der Waals surface area contributed by atoms with E-state index in [1.807, 2.05) is 0 Å². The average Bonchev–Trinajstić information content (AvgIpc) is 2.97. The molecule has 0 atom stereocenters. The highest BCUT2D eigenvalue weighted by molar-refractivity contribution is 6.33. The largest absolute Gasteiger partial charge is 0.324 e. The molecule has 1 aromatic heterocycles. The van der Waals surface area contributed by atoms with E-state index in [0.29, 0.717) is 27.8 Å². The van der Waals surface area contributed by atoms with Gasteiger partial charge in [-0.2, -0.15) is 5.10 Å². The first-order chi connectivity index (χ1) is 13.9. The Morgan fingerprint density at radius 3 is 2.52 bits per heavy atom. The predicted octanol–water partition coefficient (Wildman–Crippen LogP) is 5.38. The van der Waals surface area contributed by atoms with Crippen molar-refractivity contribution >= 4 is 40.5 Å². The lowest BCUT2D eigenvalue weighted by Crippen LogP contribution is -2.22. The number of amides is 1. The Morgan fingerprint density at radius 2 is 1.79 bits per heavy atom. The maximum absolute atomic E-state index is 13.7. The third-order valence-corrected chi connectivity index (χ3v) is 4.39. The van der Waals surface area contributed by atoms with Crippen LogP contribution in [0, 0.1) is 19.7 Å². The van der Waals surface area contributed by atoms with Crippen LogP contribution in [0.4, 0.5) is 21.5 Å². The molecule has 0 saturated heterocycles. The molecule has 2 aromatic carbocycles. The van der Waals surface area contributed by atoms with Crippen molar-refractivity contribution in [1.82, 2.24) is 9.78 Å². The number of halogens is 2. The number of benzene rings is 2. The zero-order valence-electron chi connectivity index (χ0n) is 15.7. The Balaban J connectivity index is 1.75. The molecular weight excluding hydrogens is 397 g/mol. The number of azo groups is 1. The number of hydrogen-bond acceptors (Lipinski definition) is 5. The Morgan fingerprint density at radius 1 is 1.10 bits per heavy atom. The van der Waals surface area contributed by atoms with Gasteiger partial charge in [0, 0.05) is 0 Å². The summed E-state index contributed by atoms with van der Waals surface area (Å²) in [5, 5.41) is 15.0. The number of para-hydroxylation sites is 1. The number of anilines is 1. The van der Waals surface area contributed by atoms with Crippen molar-refractivity contribution in [2.24, 2.45) is 10.2 Å². The minimum Gasteiger partial charge on any atom is -0.324 e. The molecule has 29 heavy (non-hydrogen) atoms. The lowest BCUT2D eigenvalue weighted by atomic mass is 10.3. The summed E-state index contributed by atoms with van der Waals surface area (Å²) >= 11 is 6.00. The van der Waals surface area contributed by atoms with Crippen molar-refractivity contribution in [3.05, 3.63) is 70.8 Å². The van der Waals surface area contributed by atoms with Crippen molar-refractivity contribution < 1.29 is 14.0 Å². The first-order valence-electron chi connectivity index (χ1n) is 8.67. The molecule has 0 radical (unpaired) electrons. The molecule has 9 heteroatoms. The Labute approximate surface area is 171 Å². The van der Waals surface area contributed by atoms with Crippen LogP contribution < -0.4 is 5.32 Å². The maximum Gasteiger partial charge on any atom is 0.256 e. The molecule has 0 aliphatic carbocycles. The van der Waals surface area contributed by atoms with Crippen LogP contribution >= 0.6 is 11.6 Å². The molecular formula is C20H17ClFN5O2. The van der Waals surface area contributed by atoms with Gasteiger partial charge in [0.1, 0.15) is 17.8 Å². The summed E-state index contributed by atoms with van der Waals surface area (Å²) in [6, 6.07) is 12.7. The van der Waals surface area contributed by atoms with Crippen molar-refractivity contribution in [3.63, 3.8) is 0 Å². The van der Waals surface area contributed by atoms with Crippen molar-refractivity contribution in [1.29, 1.82) is 0 Å². The van der Waals surface area contributed by atoms with E-state index in [-0.39, 0.29) is 5.69 Å². The predicted molar refractivity (Wildman–Crippen MR) is 108 cm³/mol. The molecule has 3 rings (SSSR count). The lowest BCUT2D eigenvalue weighted by Gasteiger charge is -2.07. The first-order valence-corrected chi connectivity index (χ1v) is 9.04. The third kappa shape index (κ3) is 4.72. The van der Waals surface area contributed by atoms with Gasteiger partial charge in [0.15, 0.2) is 5.82 Å². The van der Waals surface area contributed by atoms with E-state index < -0.39 is 24.1 Å². The van der Waals surface area contributed by atoms with Gasteiger partial charge in [-0.25, -0.2) is 9.07 Å². The van der Waals surface area contributed by atoms with Crippen LogP contribution in [-0.2, 0) is 4.79 Å². The molecule has 0 fully saturated rings. The van der Waals surface area contributed by atoms with Crippen LogP contribution in [0.2, 0.25) is 5.02 Å². The Hall–Kier alpha value is -3.39. The highest BCUT2D eigenvalue weighted by Gasteiger charge is 2.19. The molecule has 0 bridgehead atoms. The molecule has 0 aliphatic heterocycles. The summed E-state index contributed by atoms with van der Waals surface area (Å²) in [5.41, 5.74) is 1.66. The quantitative estimate of drug-likeness (QED) is 0.450. The van der Waals surface area contributed by atoms with Gasteiger partial charge in [-0.15, -0.1) is 10.2 Å². The molecule has 1 amide bonds. The van der Waals surface area contributed by atoms with E-state index in [1.165, 1.54) is 12.1 Å². The van der Waals surface area contributed by atoms with Crippen molar-refractivity contribution in [3.8, 4) is 0 Å². The first kappa shape index (κ1) is 20.3. The molecule has 0 aliphatic rings. The number of rotatable bonds is 5. The number of aryl methyl sites for hydroxylation is 1. The minimum atomic E-state index is -0.539. The van der Waals surface area contributed by atoms with Gasteiger partial charge >= 0.3 is 0 Å². The zero-order valence-corrected chi connectivity index (χ0v) is 16.4. The fraction of sp³-hybridized carbons (Fsp3) is 0.150. The minimum absolute atomic E-state index is 0.0736. The van der Waals surface area contributed by atoms with Gasteiger partial charge in [0.25, 0.3) is 5.91 Å². The van der Waals surface area contributed by atoms with Crippen LogP contribution in [0.3, 0.4) is 0 Å². The Bertz CT molecular complexity index is 1110. The molecule has 1 N–H and O–H groups in total. The number of carbonyl (C=O) groups excluding carboxylic acids is 2. The fourth-order valence-electron chi connectivity index (χ4n) is 2.63. The Kier molecular flexibility index (Phi) is 6.13. The van der Waals surface area contributed by atoms with E-state index in [4.69, 9.17) is 11.6 Å². The molecule has 0 unspecified atom stereocenters. The molecule has 148 valence electrons. The number of hydrogen-bond donors (Lipinski definition) is 1. The van der Waals surface area contributed by atoms with Crippen LogP contribution in [-0.4, -0.2) is 21.6 Å². The standard InChI is InChI=1S/C20H17ClFN5O2/c1-12-20(25-24-17-10-6-4-8-15(17)22)13(2)27(26-12)19(29)11-18(28)23-16-9-5-3-7-14(16)21/h3-10H,11H2,1-2H3,(H,23,28). The van der Waals surface area contributed by atoms with Crippen molar-refractivity contribution in [2.45, 2.75) is 20.3 Å². The normalized spacial score (nSPS) is 11.0. The number of nitrogens with one attached hydrogen (secondary N) is 1. The number of carbonyl (C=O) groups is 2. The van der Waals surface area contributed by atoms with E-state index in [9.17, 15) is 14.0 Å². The number of nitrogens with zero attached hydrogens (tertiary/aromatic N) is 4. The van der Waals surface area contributed by atoms with Gasteiger partial charge in [-0.1, -0.05) is 35.9 Å². The zero-order chi connectivity index (χ0) is 21.0. The van der Waals surface area contributed by atoms with Crippen LogP contribution in [0.5, 0.6) is 0 Å². The second-order valence-corrected chi connectivity index (χ2v) is 6.59. The van der Waals surface area contributed by atoms with Gasteiger partial charge < -0.3 is 5.32 Å². The summed E-state index contributed by atoms with van der Waals surface area (Å²) in [6.07, 6.45) is -0.433. The molecule has 3 aromatic rings. The van der Waals surface area contributed by atoms with E-state index in [1.54, 1.807) is 50.2 Å². The van der Waals surface area contributed by atoms with Crippen LogP contribution in [0.1, 0.15) is 22.6 Å². The number of aromatic nitrogens is 2. The summed E-state index contributed by atoms with van der Waals surface area (Å²) in [7, 11) is 0. The van der Waals surface area contributed by atoms with E-state index in [2.05, 4.69) is 20.6 Å². The third-order valence-electron chi connectivity index (χ3n) is 4.06. The molecule has 1 heterocycles. The highest BCUT2D eigenvalue weighted by Crippen LogP contribution is 2.27. The van der Waals surface area contributed by atoms with Gasteiger partial charge in [-0.05, 0) is 38.1 Å². The van der Waals surface area contributed by atoms with Gasteiger partial charge in [0.05, 0.1) is 22.1 Å². The van der Waals surface area contributed by atoms with Gasteiger partial charge in [0.2, 0.25) is 5.91 Å². The second kappa shape index (κ2) is 8.74. The molecule has 0 saturated carbocycles. The van der Waals surface area contributed by atoms with Crippen LogP contribution in [0.15, 0.2) is 58.8 Å². The molecule has 0 spiro atoms. The monoisotopic (exact) mass is 413 g/mol. The summed E-state index contributed by atoms with van der Waals surface area (Å²) in [6.45, 7) is 3.27. The SMILES string of the molecule is Cc1nn(C(=O)CC(=O)Nc2ccccc2Cl)c(C)c1N=Nc1ccccc1F. The topological polar surface area (TPSA) is 88.7 Å². The van der Waals surface area contributed by atoms with Crippen LogP contribution in [0.25, 0.3) is 0 Å². The maximum atomic E-state index is 13.7. The summed E-state index contributed by atoms with van der Waals surface area (Å²) in [4.78, 5) is 24.7. The summed E-state index contributed by atoms with van der Waals surface area (Å²) < 4.78 is 14.8. The summed E-state index contributed by atoms with van der Waals surface area (Å²) in [5.74, 6) is -1.57. The average molecular weight is 414 g/mol. The van der Waals surface area contributed by atoms with E-state index >= 15 is 0 Å². The van der Waals surface area contributed by atoms with Crippen molar-refractivity contribution in [2.75, 3.05) is 5.32 Å². The fourth-order valence-corrected chi connectivity index (χ4v) is 2.81. The van der Waals surface area contributed by atoms with E-state index in [0.717, 1.165) is 4.68 Å². The highest BCUT2D eigenvalue weighted by atomic mass is 35.5.